The van der Waals surface area contributed by atoms with Gasteiger partial charge in [-0.15, -0.1) is 0 Å². The lowest BCUT2D eigenvalue weighted by atomic mass is 9.93. The average molecular weight is 298 g/mol. The molecule has 0 spiro atoms. The lowest BCUT2D eigenvalue weighted by Gasteiger charge is -2.33. The fourth-order valence-electron chi connectivity index (χ4n) is 2.97. The van der Waals surface area contributed by atoms with Gasteiger partial charge < -0.3 is 14.9 Å². The molecule has 21 heavy (non-hydrogen) atoms. The second-order valence-corrected chi connectivity index (χ2v) is 6.85. The minimum absolute atomic E-state index is 0.133. The summed E-state index contributed by atoms with van der Waals surface area (Å²) in [5.74, 6) is 1.38. The summed E-state index contributed by atoms with van der Waals surface area (Å²) in [6.45, 7) is 13.2. The second-order valence-electron chi connectivity index (χ2n) is 6.85. The highest BCUT2D eigenvalue weighted by molar-refractivity contribution is 5.80. The average Bonchev–Trinajstić information content (AvgIpc) is 2.46. The first-order chi connectivity index (χ1) is 9.93. The van der Waals surface area contributed by atoms with Crippen LogP contribution in [0.15, 0.2) is 0 Å². The molecule has 1 aliphatic heterocycles. The highest BCUT2D eigenvalue weighted by atomic mass is 16.3. The molecule has 0 aromatic carbocycles. The SMILES string of the molecule is CCN(CCC1CCN(CCC(C)C)CC1)C(=O)[C@@H](C)O. The van der Waals surface area contributed by atoms with E-state index in [9.17, 15) is 9.90 Å². The lowest BCUT2D eigenvalue weighted by Crippen LogP contribution is -2.40. The van der Waals surface area contributed by atoms with Crippen molar-refractivity contribution in [1.29, 1.82) is 0 Å². The molecule has 0 radical (unpaired) electrons. The third-order valence-electron chi connectivity index (χ3n) is 4.59. The lowest BCUT2D eigenvalue weighted by molar-refractivity contribution is -0.139. The van der Waals surface area contributed by atoms with Crippen molar-refractivity contribution in [3.05, 3.63) is 0 Å². The zero-order valence-electron chi connectivity index (χ0n) is 14.3. The molecule has 1 fully saturated rings. The summed E-state index contributed by atoms with van der Waals surface area (Å²) in [5, 5.41) is 9.40. The summed E-state index contributed by atoms with van der Waals surface area (Å²) >= 11 is 0. The van der Waals surface area contributed by atoms with Crippen molar-refractivity contribution in [3.8, 4) is 0 Å². The van der Waals surface area contributed by atoms with Crippen LogP contribution in [0.25, 0.3) is 0 Å². The van der Waals surface area contributed by atoms with E-state index in [0.29, 0.717) is 6.54 Å². The van der Waals surface area contributed by atoms with Crippen molar-refractivity contribution in [2.45, 2.75) is 59.5 Å². The Kier molecular flexibility index (Phi) is 8.27. The van der Waals surface area contributed by atoms with Crippen molar-refractivity contribution in [1.82, 2.24) is 9.80 Å². The molecule has 1 heterocycles. The van der Waals surface area contributed by atoms with Crippen LogP contribution in [0.1, 0.15) is 53.4 Å². The van der Waals surface area contributed by atoms with Crippen LogP contribution >= 0.6 is 0 Å². The molecule has 0 unspecified atom stereocenters. The molecular formula is C17H34N2O2. The maximum Gasteiger partial charge on any atom is 0.251 e. The maximum atomic E-state index is 11.8. The van der Waals surface area contributed by atoms with Gasteiger partial charge in [-0.2, -0.15) is 0 Å². The number of likely N-dealkylation sites (tertiary alicyclic amines) is 1. The summed E-state index contributed by atoms with van der Waals surface area (Å²) in [6.07, 6.45) is 3.99. The third kappa shape index (κ3) is 6.79. The molecule has 1 rings (SSSR count). The molecular weight excluding hydrogens is 264 g/mol. The predicted octanol–water partition coefficient (Wildman–Crippen LogP) is 2.36. The summed E-state index contributed by atoms with van der Waals surface area (Å²) in [4.78, 5) is 16.2. The van der Waals surface area contributed by atoms with Gasteiger partial charge in [0.2, 0.25) is 0 Å². The number of hydrogen-bond donors (Lipinski definition) is 1. The molecule has 1 N–H and O–H groups in total. The van der Waals surface area contributed by atoms with Gasteiger partial charge in [0.05, 0.1) is 0 Å². The number of piperidine rings is 1. The number of aliphatic hydroxyl groups is 1. The van der Waals surface area contributed by atoms with Crippen LogP contribution in [-0.2, 0) is 4.79 Å². The van der Waals surface area contributed by atoms with Crippen LogP contribution in [0, 0.1) is 11.8 Å². The number of aliphatic hydroxyl groups excluding tert-OH is 1. The second kappa shape index (κ2) is 9.42. The van der Waals surface area contributed by atoms with Crippen LogP contribution in [0.2, 0.25) is 0 Å². The Labute approximate surface area is 130 Å². The molecule has 1 saturated heterocycles. The molecule has 4 nitrogen and oxygen atoms in total. The van der Waals surface area contributed by atoms with E-state index in [1.54, 1.807) is 11.8 Å². The molecule has 1 aliphatic rings. The topological polar surface area (TPSA) is 43.8 Å². The minimum Gasteiger partial charge on any atom is -0.384 e. The Morgan fingerprint density at radius 1 is 1.29 bits per heavy atom. The van der Waals surface area contributed by atoms with Crippen LogP contribution in [-0.4, -0.2) is 59.6 Å². The van der Waals surface area contributed by atoms with Crippen molar-refractivity contribution in [3.63, 3.8) is 0 Å². The van der Waals surface area contributed by atoms with E-state index in [1.165, 1.54) is 38.9 Å². The van der Waals surface area contributed by atoms with Crippen molar-refractivity contribution in [2.75, 3.05) is 32.7 Å². The first-order valence-corrected chi connectivity index (χ1v) is 8.63. The smallest absolute Gasteiger partial charge is 0.251 e. The quantitative estimate of drug-likeness (QED) is 0.748. The van der Waals surface area contributed by atoms with Gasteiger partial charge in [0.1, 0.15) is 6.10 Å². The van der Waals surface area contributed by atoms with Gasteiger partial charge in [-0.1, -0.05) is 13.8 Å². The number of hydrogen-bond acceptors (Lipinski definition) is 3. The van der Waals surface area contributed by atoms with Crippen molar-refractivity contribution < 1.29 is 9.90 Å². The summed E-state index contributed by atoms with van der Waals surface area (Å²) in [5.41, 5.74) is 0. The number of carbonyl (C=O) groups excluding carboxylic acids is 1. The van der Waals surface area contributed by atoms with Gasteiger partial charge in [0.25, 0.3) is 5.91 Å². The Bertz CT molecular complexity index is 297. The molecule has 1 amide bonds. The molecule has 1 atom stereocenters. The van der Waals surface area contributed by atoms with E-state index in [2.05, 4.69) is 18.7 Å². The Morgan fingerprint density at radius 2 is 1.90 bits per heavy atom. The van der Waals surface area contributed by atoms with Crippen molar-refractivity contribution in [2.24, 2.45) is 11.8 Å². The molecule has 124 valence electrons. The largest absolute Gasteiger partial charge is 0.384 e. The number of carbonyl (C=O) groups is 1. The van der Waals surface area contributed by atoms with Gasteiger partial charge >= 0.3 is 0 Å². The Morgan fingerprint density at radius 3 is 2.38 bits per heavy atom. The van der Waals surface area contributed by atoms with E-state index in [0.717, 1.165) is 24.8 Å². The van der Waals surface area contributed by atoms with Gasteiger partial charge in [0, 0.05) is 13.1 Å². The minimum atomic E-state index is -0.872. The molecule has 0 saturated carbocycles. The van der Waals surface area contributed by atoms with Crippen LogP contribution < -0.4 is 0 Å². The standard InChI is InChI=1S/C17H34N2O2/c1-5-19(17(21)15(4)20)13-9-16-7-11-18(12-8-16)10-6-14(2)3/h14-16,20H,5-13H2,1-4H3/t15-/m1/s1. The normalized spacial score (nSPS) is 19.0. The number of amides is 1. The number of likely N-dealkylation sites (N-methyl/N-ethyl adjacent to an activating group) is 1. The van der Waals surface area contributed by atoms with E-state index < -0.39 is 6.10 Å². The van der Waals surface area contributed by atoms with Crippen molar-refractivity contribution >= 4 is 5.91 Å². The van der Waals surface area contributed by atoms with E-state index in [1.807, 2.05) is 6.92 Å². The molecule has 0 aromatic heterocycles. The van der Waals surface area contributed by atoms with Crippen LogP contribution in [0.5, 0.6) is 0 Å². The maximum absolute atomic E-state index is 11.8. The molecule has 0 aliphatic carbocycles. The first kappa shape index (κ1) is 18.4. The van der Waals surface area contributed by atoms with E-state index in [4.69, 9.17) is 0 Å². The molecule has 0 aromatic rings. The summed E-state index contributed by atoms with van der Waals surface area (Å²) in [6, 6.07) is 0. The van der Waals surface area contributed by atoms with Gasteiger partial charge in [-0.3, -0.25) is 4.79 Å². The highest BCUT2D eigenvalue weighted by Crippen LogP contribution is 2.21. The molecule has 0 bridgehead atoms. The summed E-state index contributed by atoms with van der Waals surface area (Å²) < 4.78 is 0. The highest BCUT2D eigenvalue weighted by Gasteiger charge is 2.22. The van der Waals surface area contributed by atoms with Crippen LogP contribution in [0.3, 0.4) is 0 Å². The van der Waals surface area contributed by atoms with E-state index >= 15 is 0 Å². The Hall–Kier alpha value is -0.610. The fourth-order valence-corrected chi connectivity index (χ4v) is 2.97. The Balaban J connectivity index is 2.24. The van der Waals surface area contributed by atoms with Gasteiger partial charge in [-0.05, 0) is 71.0 Å². The van der Waals surface area contributed by atoms with E-state index in [-0.39, 0.29) is 5.91 Å². The molecule has 4 heteroatoms. The monoisotopic (exact) mass is 298 g/mol. The third-order valence-corrected chi connectivity index (χ3v) is 4.59. The number of nitrogens with zero attached hydrogens (tertiary/aromatic N) is 2. The summed E-state index contributed by atoms with van der Waals surface area (Å²) in [7, 11) is 0. The number of rotatable bonds is 8. The van der Waals surface area contributed by atoms with Gasteiger partial charge in [-0.25, -0.2) is 0 Å². The van der Waals surface area contributed by atoms with Gasteiger partial charge in [0.15, 0.2) is 0 Å². The zero-order valence-corrected chi connectivity index (χ0v) is 14.3. The first-order valence-electron chi connectivity index (χ1n) is 8.63. The zero-order chi connectivity index (χ0) is 15.8. The predicted molar refractivity (Wildman–Crippen MR) is 87.2 cm³/mol. The van der Waals surface area contributed by atoms with Crippen LogP contribution in [0.4, 0.5) is 0 Å². The fraction of sp³-hybridized carbons (Fsp3) is 0.941.